The summed E-state index contributed by atoms with van der Waals surface area (Å²) in [6.07, 6.45) is 0. The van der Waals surface area contributed by atoms with Crippen LogP contribution in [0.15, 0.2) is 23.0 Å². The number of fused-ring (bicyclic) bond motifs is 1. The van der Waals surface area contributed by atoms with Crippen LogP contribution in [0.5, 0.6) is 0 Å². The largest absolute Gasteiger partial charge is 0.309 e. The fourth-order valence-corrected chi connectivity index (χ4v) is 2.20. The van der Waals surface area contributed by atoms with E-state index >= 15 is 0 Å². The van der Waals surface area contributed by atoms with Crippen molar-refractivity contribution in [3.63, 3.8) is 0 Å². The summed E-state index contributed by atoms with van der Waals surface area (Å²) >= 11 is 12.0. The molecule has 0 aliphatic rings. The lowest BCUT2D eigenvalue weighted by atomic mass is 10.1. The fraction of sp³-hybridized carbons (Fsp3) is 0.0909. The summed E-state index contributed by atoms with van der Waals surface area (Å²) in [5, 5.41) is 10.1. The molecular formula is C11H6Cl2N2O. The highest BCUT2D eigenvalue weighted by atomic mass is 35.5. The van der Waals surface area contributed by atoms with Crippen molar-refractivity contribution in [1.29, 1.82) is 5.26 Å². The molecule has 1 aromatic heterocycles. The van der Waals surface area contributed by atoms with Crippen LogP contribution in [0.4, 0.5) is 0 Å². The Hall–Kier alpha value is -1.50. The maximum Gasteiger partial charge on any atom is 0.270 e. The van der Waals surface area contributed by atoms with Crippen LogP contribution in [0.2, 0.25) is 10.0 Å². The van der Waals surface area contributed by atoms with E-state index in [1.165, 1.54) is 4.57 Å². The van der Waals surface area contributed by atoms with E-state index in [0.29, 0.717) is 15.9 Å². The van der Waals surface area contributed by atoms with Crippen LogP contribution in [-0.2, 0) is 7.05 Å². The van der Waals surface area contributed by atoms with E-state index in [9.17, 15) is 4.79 Å². The molecule has 0 atom stereocenters. The van der Waals surface area contributed by atoms with Gasteiger partial charge in [0.25, 0.3) is 5.56 Å². The zero-order valence-electron chi connectivity index (χ0n) is 8.29. The summed E-state index contributed by atoms with van der Waals surface area (Å²) in [6, 6.07) is 6.93. The minimum atomic E-state index is -0.437. The number of aryl methyl sites for hydroxylation is 1. The molecule has 80 valence electrons. The van der Waals surface area contributed by atoms with Gasteiger partial charge in [-0.2, -0.15) is 5.26 Å². The van der Waals surface area contributed by atoms with Gasteiger partial charge in [-0.05, 0) is 6.07 Å². The normalized spacial score (nSPS) is 10.4. The van der Waals surface area contributed by atoms with Crippen LogP contribution in [0.1, 0.15) is 5.56 Å². The van der Waals surface area contributed by atoms with Crippen molar-refractivity contribution in [3.8, 4) is 6.07 Å². The fourth-order valence-electron chi connectivity index (χ4n) is 1.63. The summed E-state index contributed by atoms with van der Waals surface area (Å²) in [6.45, 7) is 0. The second-order valence-corrected chi connectivity index (χ2v) is 4.09. The van der Waals surface area contributed by atoms with E-state index in [1.807, 2.05) is 6.07 Å². The zero-order valence-corrected chi connectivity index (χ0v) is 9.80. The van der Waals surface area contributed by atoms with Gasteiger partial charge in [0.1, 0.15) is 11.6 Å². The van der Waals surface area contributed by atoms with Gasteiger partial charge in [0.05, 0.1) is 15.6 Å². The third kappa shape index (κ3) is 1.39. The Labute approximate surface area is 101 Å². The number of rotatable bonds is 0. The molecule has 0 bridgehead atoms. The van der Waals surface area contributed by atoms with E-state index in [4.69, 9.17) is 28.5 Å². The number of nitriles is 1. The van der Waals surface area contributed by atoms with Crippen LogP contribution >= 0.6 is 23.2 Å². The van der Waals surface area contributed by atoms with Crippen molar-refractivity contribution in [1.82, 2.24) is 4.57 Å². The van der Waals surface area contributed by atoms with Crippen LogP contribution in [0.25, 0.3) is 10.9 Å². The molecule has 0 unspecified atom stereocenters. The Balaban J connectivity index is 3.16. The number of aromatic nitrogens is 1. The summed E-state index contributed by atoms with van der Waals surface area (Å²) in [5.74, 6) is 0. The number of nitrogens with zero attached hydrogens (tertiary/aromatic N) is 2. The van der Waals surface area contributed by atoms with E-state index < -0.39 is 5.56 Å². The highest BCUT2D eigenvalue weighted by Gasteiger charge is 2.14. The molecule has 0 aliphatic carbocycles. The molecule has 0 radical (unpaired) electrons. The first-order valence-corrected chi connectivity index (χ1v) is 5.20. The first kappa shape index (κ1) is 11.0. The molecule has 16 heavy (non-hydrogen) atoms. The Morgan fingerprint density at radius 1 is 1.38 bits per heavy atom. The molecule has 0 saturated carbocycles. The minimum Gasteiger partial charge on any atom is -0.309 e. The summed E-state index contributed by atoms with van der Waals surface area (Å²) in [5.41, 5.74) is 0.0465. The van der Waals surface area contributed by atoms with Crippen molar-refractivity contribution in [2.75, 3.05) is 0 Å². The number of halogens is 2. The van der Waals surface area contributed by atoms with Crippen molar-refractivity contribution in [2.24, 2.45) is 7.05 Å². The second kappa shape index (κ2) is 3.82. The molecule has 0 N–H and O–H groups in total. The number of hydrogen-bond donors (Lipinski definition) is 0. The Morgan fingerprint density at radius 3 is 2.69 bits per heavy atom. The Morgan fingerprint density at radius 2 is 2.06 bits per heavy atom. The molecule has 1 aromatic carbocycles. The Kier molecular flexibility index (Phi) is 2.63. The molecule has 2 aromatic rings. The molecule has 0 saturated heterocycles. The summed E-state index contributed by atoms with van der Waals surface area (Å²) < 4.78 is 1.34. The standard InChI is InChI=1S/C11H6Cl2N2O/c1-15-10-6(3-2-4-8(10)12)9(13)7(5-14)11(15)16/h2-4H,1H3. The van der Waals surface area contributed by atoms with Crippen molar-refractivity contribution < 1.29 is 0 Å². The highest BCUT2D eigenvalue weighted by Crippen LogP contribution is 2.28. The lowest BCUT2D eigenvalue weighted by molar-refractivity contribution is 0.901. The minimum absolute atomic E-state index is 0.0565. The first-order chi connectivity index (χ1) is 7.57. The topological polar surface area (TPSA) is 45.8 Å². The molecular weight excluding hydrogens is 247 g/mol. The van der Waals surface area contributed by atoms with Gasteiger partial charge >= 0.3 is 0 Å². The molecule has 0 amide bonds. The van der Waals surface area contributed by atoms with Gasteiger partial charge in [-0.15, -0.1) is 0 Å². The van der Waals surface area contributed by atoms with Crippen molar-refractivity contribution >= 4 is 34.1 Å². The van der Waals surface area contributed by atoms with Gasteiger partial charge < -0.3 is 4.57 Å². The number of pyridine rings is 1. The summed E-state index contributed by atoms with van der Waals surface area (Å²) in [4.78, 5) is 11.8. The number of para-hydroxylation sites is 1. The lowest BCUT2D eigenvalue weighted by Crippen LogP contribution is -2.20. The molecule has 5 heteroatoms. The van der Waals surface area contributed by atoms with Gasteiger partial charge in [0, 0.05) is 12.4 Å². The van der Waals surface area contributed by atoms with E-state index in [-0.39, 0.29) is 10.6 Å². The molecule has 0 spiro atoms. The van der Waals surface area contributed by atoms with Crippen LogP contribution in [-0.4, -0.2) is 4.57 Å². The molecule has 1 heterocycles. The average Bonchev–Trinajstić information content (AvgIpc) is 2.27. The van der Waals surface area contributed by atoms with E-state index in [2.05, 4.69) is 0 Å². The van der Waals surface area contributed by atoms with Gasteiger partial charge in [-0.1, -0.05) is 35.3 Å². The number of benzene rings is 1. The third-order valence-corrected chi connectivity index (χ3v) is 3.11. The predicted molar refractivity (Wildman–Crippen MR) is 63.9 cm³/mol. The van der Waals surface area contributed by atoms with E-state index in [1.54, 1.807) is 25.2 Å². The van der Waals surface area contributed by atoms with Crippen LogP contribution < -0.4 is 5.56 Å². The Bertz CT molecular complexity index is 683. The smallest absolute Gasteiger partial charge is 0.270 e. The van der Waals surface area contributed by atoms with Gasteiger partial charge in [0.2, 0.25) is 0 Å². The monoisotopic (exact) mass is 252 g/mol. The third-order valence-electron chi connectivity index (χ3n) is 2.41. The van der Waals surface area contributed by atoms with Crippen molar-refractivity contribution in [2.45, 2.75) is 0 Å². The quantitative estimate of drug-likeness (QED) is 0.724. The molecule has 0 aliphatic heterocycles. The highest BCUT2D eigenvalue weighted by molar-refractivity contribution is 6.39. The zero-order chi connectivity index (χ0) is 11.9. The molecule has 0 fully saturated rings. The van der Waals surface area contributed by atoms with Gasteiger partial charge in [-0.3, -0.25) is 4.79 Å². The SMILES string of the molecule is Cn1c(=O)c(C#N)c(Cl)c2cccc(Cl)c21. The van der Waals surface area contributed by atoms with Crippen molar-refractivity contribution in [3.05, 3.63) is 44.2 Å². The summed E-state index contributed by atoms with van der Waals surface area (Å²) in [7, 11) is 1.56. The van der Waals surface area contributed by atoms with Gasteiger partial charge in [0.15, 0.2) is 0 Å². The van der Waals surface area contributed by atoms with Crippen LogP contribution in [0, 0.1) is 11.3 Å². The second-order valence-electron chi connectivity index (χ2n) is 3.30. The molecule has 2 rings (SSSR count). The maximum atomic E-state index is 11.8. The van der Waals surface area contributed by atoms with Gasteiger partial charge in [-0.25, -0.2) is 0 Å². The van der Waals surface area contributed by atoms with Crippen LogP contribution in [0.3, 0.4) is 0 Å². The average molecular weight is 253 g/mol. The van der Waals surface area contributed by atoms with E-state index in [0.717, 1.165) is 0 Å². The first-order valence-electron chi connectivity index (χ1n) is 4.44. The number of hydrogen-bond acceptors (Lipinski definition) is 2. The molecule has 3 nitrogen and oxygen atoms in total. The lowest BCUT2D eigenvalue weighted by Gasteiger charge is -2.09. The predicted octanol–water partition coefficient (Wildman–Crippen LogP) is 2.72. The maximum absolute atomic E-state index is 11.8.